The first-order chi connectivity index (χ1) is 13.9. The van der Waals surface area contributed by atoms with Crippen LogP contribution in [0.1, 0.15) is 11.1 Å². The highest BCUT2D eigenvalue weighted by atomic mass is 16.5. The Kier molecular flexibility index (Phi) is 5.60. The maximum atomic E-state index is 12.9. The number of nitrogens with zero attached hydrogens (tertiary/aromatic N) is 2. The minimum Gasteiger partial charge on any atom is -0.493 e. The number of barbiturate groups is 1. The van der Waals surface area contributed by atoms with Gasteiger partial charge in [-0.3, -0.25) is 14.9 Å². The van der Waals surface area contributed by atoms with Gasteiger partial charge < -0.3 is 9.47 Å². The molecule has 2 aromatic carbocycles. The molecule has 1 N–H and O–H groups in total. The Balaban J connectivity index is 1.97. The molecule has 4 amide bonds. The van der Waals surface area contributed by atoms with Crippen LogP contribution in [0.15, 0.2) is 48.0 Å². The summed E-state index contributed by atoms with van der Waals surface area (Å²) in [5, 5.41) is 10.8. The highest BCUT2D eigenvalue weighted by Crippen LogP contribution is 2.30. The zero-order valence-corrected chi connectivity index (χ0v) is 15.8. The second-order valence-corrected chi connectivity index (χ2v) is 6.15. The Bertz CT molecular complexity index is 1070. The number of carbonyl (C=O) groups is 3. The molecule has 8 nitrogen and oxygen atoms in total. The van der Waals surface area contributed by atoms with Gasteiger partial charge in [-0.25, -0.2) is 9.69 Å². The van der Waals surface area contributed by atoms with E-state index < -0.39 is 17.8 Å². The van der Waals surface area contributed by atoms with Crippen LogP contribution < -0.4 is 19.7 Å². The Morgan fingerprint density at radius 1 is 1.14 bits per heavy atom. The van der Waals surface area contributed by atoms with E-state index in [0.717, 1.165) is 10.5 Å². The van der Waals surface area contributed by atoms with Gasteiger partial charge in [0, 0.05) is 0 Å². The van der Waals surface area contributed by atoms with Gasteiger partial charge in [0.15, 0.2) is 18.1 Å². The van der Waals surface area contributed by atoms with Crippen LogP contribution in [-0.2, 0) is 9.59 Å². The summed E-state index contributed by atoms with van der Waals surface area (Å²) in [5.41, 5.74) is 1.52. The van der Waals surface area contributed by atoms with Gasteiger partial charge in [-0.2, -0.15) is 5.26 Å². The van der Waals surface area contributed by atoms with Crippen LogP contribution in [0.4, 0.5) is 10.5 Å². The first-order valence-corrected chi connectivity index (χ1v) is 8.60. The van der Waals surface area contributed by atoms with Gasteiger partial charge in [0.1, 0.15) is 11.6 Å². The molecule has 8 heteroatoms. The van der Waals surface area contributed by atoms with Crippen LogP contribution in [0.5, 0.6) is 11.5 Å². The third-order valence-corrected chi connectivity index (χ3v) is 4.15. The Labute approximate surface area is 166 Å². The molecule has 0 saturated carbocycles. The molecular formula is C21H17N3O5. The summed E-state index contributed by atoms with van der Waals surface area (Å²) >= 11 is 0. The van der Waals surface area contributed by atoms with E-state index in [0.29, 0.717) is 22.7 Å². The fraction of sp³-hybridized carbons (Fsp3) is 0.143. The second kappa shape index (κ2) is 8.27. The number of nitrogens with one attached hydrogen (secondary N) is 1. The van der Waals surface area contributed by atoms with Gasteiger partial charge in [-0.1, -0.05) is 18.2 Å². The fourth-order valence-corrected chi connectivity index (χ4v) is 2.83. The van der Waals surface area contributed by atoms with Crippen molar-refractivity contribution < 1.29 is 23.9 Å². The Hall–Kier alpha value is -4.12. The molecule has 0 unspecified atom stereocenters. The zero-order chi connectivity index (χ0) is 21.0. The number of hydrogen-bond acceptors (Lipinski definition) is 6. The molecule has 3 rings (SSSR count). The number of nitriles is 1. The first kappa shape index (κ1) is 19.6. The van der Waals surface area contributed by atoms with Crippen molar-refractivity contribution in [1.29, 1.82) is 5.26 Å². The molecule has 0 bridgehead atoms. The number of ether oxygens (including phenoxy) is 2. The van der Waals surface area contributed by atoms with Gasteiger partial charge in [0.2, 0.25) is 0 Å². The van der Waals surface area contributed by atoms with Crippen molar-refractivity contribution in [3.8, 4) is 17.6 Å². The predicted molar refractivity (Wildman–Crippen MR) is 104 cm³/mol. The molecule has 0 aromatic heterocycles. The summed E-state index contributed by atoms with van der Waals surface area (Å²) in [6, 6.07) is 12.6. The summed E-state index contributed by atoms with van der Waals surface area (Å²) in [4.78, 5) is 38.4. The van der Waals surface area contributed by atoms with E-state index in [1.165, 1.54) is 13.2 Å². The normalized spacial score (nSPS) is 15.1. The summed E-state index contributed by atoms with van der Waals surface area (Å²) in [7, 11) is 1.43. The zero-order valence-electron chi connectivity index (χ0n) is 15.8. The van der Waals surface area contributed by atoms with Crippen LogP contribution in [0.2, 0.25) is 0 Å². The largest absolute Gasteiger partial charge is 0.493 e. The minimum absolute atomic E-state index is 0.148. The topological polar surface area (TPSA) is 109 Å². The predicted octanol–water partition coefficient (Wildman–Crippen LogP) is 2.57. The molecule has 1 aliphatic heterocycles. The van der Waals surface area contributed by atoms with Crippen LogP contribution in [0, 0.1) is 18.3 Å². The molecule has 1 fully saturated rings. The van der Waals surface area contributed by atoms with E-state index >= 15 is 0 Å². The highest BCUT2D eigenvalue weighted by Gasteiger charge is 2.36. The third-order valence-electron chi connectivity index (χ3n) is 4.15. The number of methoxy groups -OCH3 is 1. The lowest BCUT2D eigenvalue weighted by molar-refractivity contribution is -0.122. The molecule has 0 spiro atoms. The number of rotatable bonds is 5. The summed E-state index contributed by atoms with van der Waals surface area (Å²) in [5.74, 6) is -0.821. The maximum absolute atomic E-state index is 12.9. The first-order valence-electron chi connectivity index (χ1n) is 8.60. The van der Waals surface area contributed by atoms with Crippen molar-refractivity contribution in [3.63, 3.8) is 0 Å². The SMILES string of the molecule is COc1cc(C=C2C(=O)NC(=O)N(c3cccc(C)c3)C2=O)ccc1OCC#N. The average Bonchev–Trinajstić information content (AvgIpc) is 2.69. The van der Waals surface area contributed by atoms with Crippen molar-refractivity contribution in [2.24, 2.45) is 0 Å². The van der Waals surface area contributed by atoms with Gasteiger partial charge in [-0.15, -0.1) is 0 Å². The van der Waals surface area contributed by atoms with Crippen molar-refractivity contribution >= 4 is 29.6 Å². The summed E-state index contributed by atoms with van der Waals surface area (Å²) in [6.45, 7) is 1.69. The number of imide groups is 2. The van der Waals surface area contributed by atoms with E-state index in [-0.39, 0.29) is 12.2 Å². The van der Waals surface area contributed by atoms with E-state index in [9.17, 15) is 14.4 Å². The number of anilines is 1. The van der Waals surface area contributed by atoms with Gasteiger partial charge in [-0.05, 0) is 48.4 Å². The standard InChI is InChI=1S/C21H17N3O5/c1-13-4-3-5-15(10-13)24-20(26)16(19(25)23-21(24)27)11-14-6-7-17(29-9-8-22)18(12-14)28-2/h3-7,10-12H,9H2,1-2H3,(H,23,25,27). The van der Waals surface area contributed by atoms with Gasteiger partial charge in [0.05, 0.1) is 12.8 Å². The van der Waals surface area contributed by atoms with E-state index in [2.05, 4.69) is 5.32 Å². The number of amides is 4. The molecule has 146 valence electrons. The molecule has 0 radical (unpaired) electrons. The molecular weight excluding hydrogens is 374 g/mol. The second-order valence-electron chi connectivity index (χ2n) is 6.15. The van der Waals surface area contributed by atoms with Crippen LogP contribution in [0.25, 0.3) is 6.08 Å². The van der Waals surface area contributed by atoms with Crippen molar-refractivity contribution in [1.82, 2.24) is 5.32 Å². The molecule has 29 heavy (non-hydrogen) atoms. The van der Waals surface area contributed by atoms with E-state index in [1.54, 1.807) is 36.4 Å². The number of hydrogen-bond donors (Lipinski definition) is 1. The molecule has 1 heterocycles. The highest BCUT2D eigenvalue weighted by molar-refractivity contribution is 6.39. The number of aryl methyl sites for hydroxylation is 1. The monoisotopic (exact) mass is 391 g/mol. The molecule has 1 aliphatic rings. The van der Waals surface area contributed by atoms with E-state index in [1.807, 2.05) is 19.1 Å². The molecule has 2 aromatic rings. The van der Waals surface area contributed by atoms with Gasteiger partial charge in [0.25, 0.3) is 11.8 Å². The third kappa shape index (κ3) is 4.09. The summed E-state index contributed by atoms with van der Waals surface area (Å²) < 4.78 is 10.5. The minimum atomic E-state index is -0.805. The number of benzene rings is 2. The quantitative estimate of drug-likeness (QED) is 0.620. The van der Waals surface area contributed by atoms with Crippen LogP contribution in [-0.4, -0.2) is 31.6 Å². The molecule has 0 aliphatic carbocycles. The van der Waals surface area contributed by atoms with Crippen LogP contribution in [0.3, 0.4) is 0 Å². The van der Waals surface area contributed by atoms with Crippen LogP contribution >= 0.6 is 0 Å². The average molecular weight is 391 g/mol. The van der Waals surface area contributed by atoms with E-state index in [4.69, 9.17) is 14.7 Å². The maximum Gasteiger partial charge on any atom is 0.335 e. The number of urea groups is 1. The Morgan fingerprint density at radius 2 is 1.93 bits per heavy atom. The lowest BCUT2D eigenvalue weighted by Gasteiger charge is -2.26. The lowest BCUT2D eigenvalue weighted by atomic mass is 10.1. The van der Waals surface area contributed by atoms with Gasteiger partial charge >= 0.3 is 6.03 Å². The van der Waals surface area contributed by atoms with Crippen molar-refractivity contribution in [3.05, 3.63) is 59.2 Å². The fourth-order valence-electron chi connectivity index (χ4n) is 2.83. The Morgan fingerprint density at radius 3 is 2.62 bits per heavy atom. The smallest absolute Gasteiger partial charge is 0.335 e. The lowest BCUT2D eigenvalue weighted by Crippen LogP contribution is -2.54. The number of carbonyl (C=O) groups excluding carboxylic acids is 3. The molecule has 0 atom stereocenters. The van der Waals surface area contributed by atoms with Crippen molar-refractivity contribution in [2.75, 3.05) is 18.6 Å². The molecule has 1 saturated heterocycles. The summed E-state index contributed by atoms with van der Waals surface area (Å²) in [6.07, 6.45) is 1.36. The van der Waals surface area contributed by atoms with Crippen molar-refractivity contribution in [2.45, 2.75) is 6.92 Å².